The number of nitrogen functional groups attached to an aromatic ring is 1. The third kappa shape index (κ3) is 3.05. The van der Waals surface area contributed by atoms with Crippen LogP contribution in [-0.2, 0) is 12.6 Å². The van der Waals surface area contributed by atoms with E-state index in [0.29, 0.717) is 12.2 Å². The number of anilines is 1. The highest BCUT2D eigenvalue weighted by molar-refractivity contribution is 5.46. The SMILES string of the molecule is Cc1ccnc(N)c1Cc1ccc(C(F)(F)F)cc1. The van der Waals surface area contributed by atoms with Crippen molar-refractivity contribution in [2.45, 2.75) is 19.5 Å². The van der Waals surface area contributed by atoms with Gasteiger partial charge < -0.3 is 5.73 Å². The van der Waals surface area contributed by atoms with Crippen molar-refractivity contribution in [3.05, 3.63) is 58.8 Å². The number of nitrogens with two attached hydrogens (primary N) is 1. The van der Waals surface area contributed by atoms with E-state index in [4.69, 9.17) is 5.73 Å². The van der Waals surface area contributed by atoms with Gasteiger partial charge in [0.2, 0.25) is 0 Å². The molecule has 0 aliphatic carbocycles. The van der Waals surface area contributed by atoms with E-state index in [1.54, 1.807) is 6.20 Å². The average molecular weight is 266 g/mol. The third-order valence-corrected chi connectivity index (χ3v) is 2.99. The predicted octanol–water partition coefficient (Wildman–Crippen LogP) is 3.58. The van der Waals surface area contributed by atoms with Gasteiger partial charge >= 0.3 is 6.18 Å². The van der Waals surface area contributed by atoms with Crippen LogP contribution in [0.4, 0.5) is 19.0 Å². The topological polar surface area (TPSA) is 38.9 Å². The Morgan fingerprint density at radius 1 is 1.11 bits per heavy atom. The number of pyridine rings is 1. The van der Waals surface area contributed by atoms with Crippen LogP contribution in [0.15, 0.2) is 36.5 Å². The minimum absolute atomic E-state index is 0.417. The molecule has 19 heavy (non-hydrogen) atoms. The van der Waals surface area contributed by atoms with Crippen molar-refractivity contribution in [2.75, 3.05) is 5.73 Å². The monoisotopic (exact) mass is 266 g/mol. The molecule has 5 heteroatoms. The molecule has 2 aromatic rings. The zero-order chi connectivity index (χ0) is 14.0. The lowest BCUT2D eigenvalue weighted by Gasteiger charge is -2.10. The first-order chi connectivity index (χ1) is 8.88. The second kappa shape index (κ2) is 4.91. The molecule has 0 radical (unpaired) electrons. The minimum atomic E-state index is -4.30. The first kappa shape index (κ1) is 13.4. The normalized spacial score (nSPS) is 11.6. The molecule has 1 aromatic heterocycles. The standard InChI is InChI=1S/C14H13F3N2/c1-9-6-7-19-13(18)12(9)8-10-2-4-11(5-3-10)14(15,16)17/h2-7H,8H2,1H3,(H2,18,19). The van der Waals surface area contributed by atoms with Gasteiger partial charge in [0.15, 0.2) is 0 Å². The van der Waals surface area contributed by atoms with Crippen LogP contribution in [0.2, 0.25) is 0 Å². The van der Waals surface area contributed by atoms with Crippen LogP contribution in [0.3, 0.4) is 0 Å². The van der Waals surface area contributed by atoms with E-state index in [1.807, 2.05) is 13.0 Å². The summed E-state index contributed by atoms with van der Waals surface area (Å²) < 4.78 is 37.3. The number of benzene rings is 1. The fourth-order valence-electron chi connectivity index (χ4n) is 1.86. The molecule has 0 unspecified atom stereocenters. The molecule has 100 valence electrons. The molecular weight excluding hydrogens is 253 g/mol. The van der Waals surface area contributed by atoms with E-state index < -0.39 is 11.7 Å². The minimum Gasteiger partial charge on any atom is -0.383 e. The van der Waals surface area contributed by atoms with Gasteiger partial charge in [-0.1, -0.05) is 12.1 Å². The first-order valence-electron chi connectivity index (χ1n) is 5.74. The second-order valence-electron chi connectivity index (χ2n) is 4.36. The number of halogens is 3. The Morgan fingerprint density at radius 3 is 2.26 bits per heavy atom. The Morgan fingerprint density at radius 2 is 1.74 bits per heavy atom. The van der Waals surface area contributed by atoms with Gasteiger partial charge in [-0.3, -0.25) is 0 Å². The summed E-state index contributed by atoms with van der Waals surface area (Å²) in [6, 6.07) is 6.92. The van der Waals surface area contributed by atoms with E-state index in [0.717, 1.165) is 28.8 Å². The van der Waals surface area contributed by atoms with Gasteiger partial charge in [-0.05, 0) is 36.2 Å². The van der Waals surface area contributed by atoms with E-state index >= 15 is 0 Å². The number of nitrogens with zero attached hydrogens (tertiary/aromatic N) is 1. The molecule has 1 aromatic carbocycles. The second-order valence-corrected chi connectivity index (χ2v) is 4.36. The summed E-state index contributed by atoms with van der Waals surface area (Å²) in [4.78, 5) is 3.99. The number of hydrogen-bond donors (Lipinski definition) is 1. The maximum atomic E-state index is 12.4. The molecule has 0 saturated carbocycles. The molecule has 0 bridgehead atoms. The first-order valence-corrected chi connectivity index (χ1v) is 5.74. The highest BCUT2D eigenvalue weighted by Crippen LogP contribution is 2.29. The fraction of sp³-hybridized carbons (Fsp3) is 0.214. The van der Waals surface area contributed by atoms with Crippen molar-refractivity contribution >= 4 is 5.82 Å². The molecule has 0 atom stereocenters. The number of hydrogen-bond acceptors (Lipinski definition) is 2. The van der Waals surface area contributed by atoms with E-state index in [2.05, 4.69) is 4.98 Å². The largest absolute Gasteiger partial charge is 0.416 e. The van der Waals surface area contributed by atoms with Crippen molar-refractivity contribution in [1.29, 1.82) is 0 Å². The average Bonchev–Trinajstić information content (AvgIpc) is 2.33. The molecule has 0 aliphatic rings. The molecule has 2 nitrogen and oxygen atoms in total. The highest BCUT2D eigenvalue weighted by Gasteiger charge is 2.29. The van der Waals surface area contributed by atoms with Gasteiger partial charge in [-0.15, -0.1) is 0 Å². The molecule has 0 fully saturated rings. The Hall–Kier alpha value is -2.04. The van der Waals surface area contributed by atoms with E-state index in [1.165, 1.54) is 12.1 Å². The molecule has 2 N–H and O–H groups in total. The number of aryl methyl sites for hydroxylation is 1. The van der Waals surface area contributed by atoms with Crippen LogP contribution in [0.25, 0.3) is 0 Å². The molecule has 0 aliphatic heterocycles. The van der Waals surface area contributed by atoms with Crippen LogP contribution >= 0.6 is 0 Å². The van der Waals surface area contributed by atoms with Crippen molar-refractivity contribution in [1.82, 2.24) is 4.98 Å². The molecule has 1 heterocycles. The highest BCUT2D eigenvalue weighted by atomic mass is 19.4. The van der Waals surface area contributed by atoms with E-state index in [-0.39, 0.29) is 0 Å². The van der Waals surface area contributed by atoms with Crippen molar-refractivity contribution in [3.63, 3.8) is 0 Å². The lowest BCUT2D eigenvalue weighted by molar-refractivity contribution is -0.137. The Bertz CT molecular complexity index is 554. The summed E-state index contributed by atoms with van der Waals surface area (Å²) in [5, 5.41) is 0. The maximum absolute atomic E-state index is 12.4. The Kier molecular flexibility index (Phi) is 3.46. The summed E-state index contributed by atoms with van der Waals surface area (Å²) in [6.07, 6.45) is -2.22. The van der Waals surface area contributed by atoms with Crippen LogP contribution in [0.1, 0.15) is 22.3 Å². The van der Waals surface area contributed by atoms with Crippen molar-refractivity contribution < 1.29 is 13.2 Å². The zero-order valence-electron chi connectivity index (χ0n) is 10.3. The zero-order valence-corrected chi connectivity index (χ0v) is 10.3. The van der Waals surface area contributed by atoms with Gasteiger partial charge in [0.1, 0.15) is 5.82 Å². The van der Waals surface area contributed by atoms with E-state index in [9.17, 15) is 13.2 Å². The van der Waals surface area contributed by atoms with Gasteiger partial charge in [-0.25, -0.2) is 4.98 Å². The predicted molar refractivity (Wildman–Crippen MR) is 67.6 cm³/mol. The molecule has 2 rings (SSSR count). The lowest BCUT2D eigenvalue weighted by Crippen LogP contribution is -2.05. The Labute approximate surface area is 109 Å². The van der Waals surface area contributed by atoms with Crippen molar-refractivity contribution in [3.8, 4) is 0 Å². The van der Waals surface area contributed by atoms with Crippen LogP contribution < -0.4 is 5.73 Å². The Balaban J connectivity index is 2.25. The summed E-state index contributed by atoms with van der Waals surface area (Å²) >= 11 is 0. The van der Waals surface area contributed by atoms with Gasteiger partial charge in [0.25, 0.3) is 0 Å². The summed E-state index contributed by atoms with van der Waals surface area (Å²) in [6.45, 7) is 1.90. The molecule has 0 amide bonds. The fourth-order valence-corrected chi connectivity index (χ4v) is 1.86. The number of aromatic nitrogens is 1. The summed E-state index contributed by atoms with van der Waals surface area (Å²) in [5.41, 5.74) is 7.73. The van der Waals surface area contributed by atoms with Crippen LogP contribution in [0.5, 0.6) is 0 Å². The maximum Gasteiger partial charge on any atom is 0.416 e. The lowest BCUT2D eigenvalue weighted by atomic mass is 10.0. The number of rotatable bonds is 2. The summed E-state index contributed by atoms with van der Waals surface area (Å²) in [5.74, 6) is 0.417. The van der Waals surface area contributed by atoms with Crippen LogP contribution in [0, 0.1) is 6.92 Å². The quantitative estimate of drug-likeness (QED) is 0.902. The van der Waals surface area contributed by atoms with Crippen LogP contribution in [-0.4, -0.2) is 4.98 Å². The molecule has 0 spiro atoms. The van der Waals surface area contributed by atoms with Gasteiger partial charge in [-0.2, -0.15) is 13.2 Å². The van der Waals surface area contributed by atoms with Gasteiger partial charge in [0.05, 0.1) is 5.56 Å². The smallest absolute Gasteiger partial charge is 0.383 e. The number of alkyl halides is 3. The summed E-state index contributed by atoms with van der Waals surface area (Å²) in [7, 11) is 0. The van der Waals surface area contributed by atoms with Gasteiger partial charge in [0, 0.05) is 18.2 Å². The van der Waals surface area contributed by atoms with Crippen molar-refractivity contribution in [2.24, 2.45) is 0 Å². The molecular formula is C14H13F3N2. The molecule has 0 saturated heterocycles. The third-order valence-electron chi connectivity index (χ3n) is 2.99.